The fraction of sp³-hybridized carbons (Fsp3) is 0.231. The number of halogens is 9. The molecule has 0 saturated heterocycles. The van der Waals surface area contributed by atoms with Gasteiger partial charge in [0.05, 0.1) is 10.5 Å². The Morgan fingerprint density at radius 1 is 1.04 bits per heavy atom. The monoisotopic (exact) mass is 481 g/mol. The first-order valence-electron chi connectivity index (χ1n) is 6.66. The van der Waals surface area contributed by atoms with Gasteiger partial charge in [0.15, 0.2) is 0 Å². The van der Waals surface area contributed by atoms with Gasteiger partial charge in [0.1, 0.15) is 17.7 Å². The van der Waals surface area contributed by atoms with E-state index in [2.05, 4.69) is 20.9 Å². The van der Waals surface area contributed by atoms with Gasteiger partial charge in [-0.1, -0.05) is 0 Å². The maximum Gasteiger partial charge on any atom is 0.459 e. The number of alkyl halides is 8. The third-order valence-electron chi connectivity index (χ3n) is 3.30. The molecule has 0 fully saturated rings. The molecular weight excluding hydrogens is 478 g/mol. The molecule has 152 valence electrons. The third kappa shape index (κ3) is 3.83. The zero-order chi connectivity index (χ0) is 21.7. The van der Waals surface area contributed by atoms with Gasteiger partial charge < -0.3 is 0 Å². The predicted molar refractivity (Wildman–Crippen MR) is 79.1 cm³/mol. The third-order valence-corrected chi connectivity index (χ3v) is 3.90. The van der Waals surface area contributed by atoms with Crippen LogP contribution in [-0.4, -0.2) is 20.7 Å². The second-order valence-corrected chi connectivity index (χ2v) is 5.99. The van der Waals surface area contributed by atoms with Crippen LogP contribution in [0.15, 0.2) is 33.8 Å². The summed E-state index contributed by atoms with van der Waals surface area (Å²) >= 11 is 2.60. The highest BCUT2D eigenvalue weighted by Gasteiger charge is 2.60. The summed E-state index contributed by atoms with van der Waals surface area (Å²) in [5, 5.41) is 11.1. The predicted octanol–water partition coefficient (Wildman–Crippen LogP) is 4.58. The highest BCUT2D eigenvalue weighted by Crippen LogP contribution is 2.43. The average molecular weight is 482 g/mol. The summed E-state index contributed by atoms with van der Waals surface area (Å²) in [7, 11) is 0. The molecule has 28 heavy (non-hydrogen) atoms. The van der Waals surface area contributed by atoms with E-state index in [1.54, 1.807) is 0 Å². The first-order valence-corrected chi connectivity index (χ1v) is 7.46. The van der Waals surface area contributed by atoms with E-state index in [1.807, 2.05) is 0 Å². The highest BCUT2D eigenvalue weighted by atomic mass is 79.9. The van der Waals surface area contributed by atoms with Crippen LogP contribution in [0.25, 0.3) is 5.69 Å². The molecule has 1 heterocycles. The zero-order valence-corrected chi connectivity index (χ0v) is 14.4. The molecular formula is C13H4BrF8N3O3. The molecule has 1 aromatic heterocycles. The molecule has 0 aliphatic carbocycles. The standard InChI is InChI=1S/C13H4BrF8N3O3/c14-6-1-5(12(17,18)19)2-7(25(27)28)10(6)24-4-23-8(3-9(24)26)11(15,16)13(20,21)22/h1-4H. The van der Waals surface area contributed by atoms with Crippen LogP contribution < -0.4 is 5.56 Å². The van der Waals surface area contributed by atoms with Gasteiger partial charge in [0.25, 0.3) is 11.2 Å². The molecule has 1 aromatic carbocycles. The number of nitro benzene ring substituents is 1. The molecule has 0 radical (unpaired) electrons. The Balaban J connectivity index is 2.73. The molecule has 6 nitrogen and oxygen atoms in total. The van der Waals surface area contributed by atoms with Gasteiger partial charge >= 0.3 is 18.3 Å². The van der Waals surface area contributed by atoms with Gasteiger partial charge in [0, 0.05) is 16.6 Å². The van der Waals surface area contributed by atoms with Gasteiger partial charge in [-0.2, -0.15) is 35.1 Å². The van der Waals surface area contributed by atoms with Crippen molar-refractivity contribution >= 4 is 21.6 Å². The molecule has 0 N–H and O–H groups in total. The van der Waals surface area contributed by atoms with E-state index in [1.165, 1.54) is 0 Å². The van der Waals surface area contributed by atoms with E-state index < -0.39 is 55.9 Å². The molecule has 0 unspecified atom stereocenters. The first-order chi connectivity index (χ1) is 12.6. The molecule has 2 aromatic rings. The van der Waals surface area contributed by atoms with Crippen molar-refractivity contribution in [2.75, 3.05) is 0 Å². The zero-order valence-electron chi connectivity index (χ0n) is 12.8. The number of hydrogen-bond acceptors (Lipinski definition) is 4. The van der Waals surface area contributed by atoms with E-state index in [-0.39, 0.29) is 23.0 Å². The Kier molecular flexibility index (Phi) is 5.27. The number of hydrogen-bond donors (Lipinski definition) is 0. The fourth-order valence-electron chi connectivity index (χ4n) is 2.01. The number of nitro groups is 1. The van der Waals surface area contributed by atoms with Crippen LogP contribution in [0, 0.1) is 10.1 Å². The average Bonchev–Trinajstić information content (AvgIpc) is 2.52. The van der Waals surface area contributed by atoms with E-state index in [0.29, 0.717) is 6.07 Å². The van der Waals surface area contributed by atoms with Crippen LogP contribution >= 0.6 is 15.9 Å². The van der Waals surface area contributed by atoms with Gasteiger partial charge in [-0.25, -0.2) is 4.98 Å². The summed E-state index contributed by atoms with van der Waals surface area (Å²) in [6, 6.07) is 0.221. The van der Waals surface area contributed by atoms with Gasteiger partial charge in [-0.3, -0.25) is 19.5 Å². The van der Waals surface area contributed by atoms with Crippen LogP contribution in [0.5, 0.6) is 0 Å². The minimum atomic E-state index is -6.07. The van der Waals surface area contributed by atoms with Crippen LogP contribution in [0.4, 0.5) is 40.8 Å². The van der Waals surface area contributed by atoms with Crippen LogP contribution in [-0.2, 0) is 12.1 Å². The molecule has 0 aliphatic rings. The second-order valence-electron chi connectivity index (χ2n) is 5.14. The molecule has 0 amide bonds. The van der Waals surface area contributed by atoms with E-state index in [4.69, 9.17) is 0 Å². The van der Waals surface area contributed by atoms with E-state index in [9.17, 15) is 50.0 Å². The lowest BCUT2D eigenvalue weighted by atomic mass is 10.1. The Hall–Kier alpha value is -2.58. The van der Waals surface area contributed by atoms with E-state index in [0.717, 1.165) is 0 Å². The minimum Gasteiger partial charge on any atom is -0.269 e. The smallest absolute Gasteiger partial charge is 0.269 e. The molecule has 15 heteroatoms. The number of aromatic nitrogens is 2. The van der Waals surface area contributed by atoms with Crippen LogP contribution in [0.3, 0.4) is 0 Å². The Labute approximate surface area is 156 Å². The lowest BCUT2D eigenvalue weighted by Gasteiger charge is -2.19. The lowest BCUT2D eigenvalue weighted by Crippen LogP contribution is -2.36. The van der Waals surface area contributed by atoms with Crippen LogP contribution in [0.2, 0.25) is 0 Å². The van der Waals surface area contributed by atoms with Crippen molar-refractivity contribution in [3.63, 3.8) is 0 Å². The number of rotatable bonds is 3. The normalized spacial score (nSPS) is 12.9. The molecule has 0 atom stereocenters. The molecule has 0 spiro atoms. The topological polar surface area (TPSA) is 78.0 Å². The fourth-order valence-corrected chi connectivity index (χ4v) is 2.65. The van der Waals surface area contributed by atoms with Crippen molar-refractivity contribution in [1.29, 1.82) is 0 Å². The SMILES string of the molecule is O=c1cc(C(F)(F)C(F)(F)F)ncn1-c1c(Br)cc(C(F)(F)F)cc1[N+](=O)[O-]. The first kappa shape index (κ1) is 21.7. The summed E-state index contributed by atoms with van der Waals surface area (Å²) < 4.78 is 102. The number of benzene rings is 1. The Bertz CT molecular complexity index is 1000. The number of nitrogens with zero attached hydrogens (tertiary/aromatic N) is 3. The van der Waals surface area contributed by atoms with Crippen molar-refractivity contribution in [3.8, 4) is 5.69 Å². The van der Waals surface area contributed by atoms with Gasteiger partial charge in [0.2, 0.25) is 0 Å². The molecule has 0 bridgehead atoms. The quantitative estimate of drug-likeness (QED) is 0.365. The van der Waals surface area contributed by atoms with Crippen molar-refractivity contribution < 1.29 is 40.0 Å². The summed E-state index contributed by atoms with van der Waals surface area (Å²) in [6.45, 7) is 0. The maximum atomic E-state index is 13.3. The lowest BCUT2D eigenvalue weighted by molar-refractivity contribution is -0.384. The summed E-state index contributed by atoms with van der Waals surface area (Å²) in [5.74, 6) is -5.49. The van der Waals surface area contributed by atoms with E-state index >= 15 is 0 Å². The van der Waals surface area contributed by atoms with Crippen molar-refractivity contribution in [3.05, 3.63) is 60.7 Å². The minimum absolute atomic E-state index is 0.0742. The second kappa shape index (κ2) is 6.79. The van der Waals surface area contributed by atoms with Crippen LogP contribution in [0.1, 0.15) is 11.3 Å². The Morgan fingerprint density at radius 3 is 2.04 bits per heavy atom. The van der Waals surface area contributed by atoms with Crippen molar-refractivity contribution in [1.82, 2.24) is 9.55 Å². The Morgan fingerprint density at radius 2 is 1.61 bits per heavy atom. The van der Waals surface area contributed by atoms with Gasteiger partial charge in [-0.05, 0) is 22.0 Å². The highest BCUT2D eigenvalue weighted by molar-refractivity contribution is 9.10. The largest absolute Gasteiger partial charge is 0.459 e. The summed E-state index contributed by atoms with van der Waals surface area (Å²) in [6.07, 6.45) is -10.9. The molecule has 2 rings (SSSR count). The molecule has 0 aliphatic heterocycles. The summed E-state index contributed by atoms with van der Waals surface area (Å²) in [4.78, 5) is 24.6. The van der Waals surface area contributed by atoms with Crippen molar-refractivity contribution in [2.24, 2.45) is 0 Å². The summed E-state index contributed by atoms with van der Waals surface area (Å²) in [5.41, 5.74) is -7.15. The van der Waals surface area contributed by atoms with Crippen molar-refractivity contribution in [2.45, 2.75) is 18.3 Å². The maximum absolute atomic E-state index is 13.3. The molecule has 0 saturated carbocycles. The van der Waals surface area contributed by atoms with Gasteiger partial charge in [-0.15, -0.1) is 0 Å².